The van der Waals surface area contributed by atoms with Crippen LogP contribution in [0.5, 0.6) is 0 Å². The average molecular weight is 514 g/mol. The highest BCUT2D eigenvalue weighted by Crippen LogP contribution is 2.44. The maximum Gasteiger partial charge on any atom is 0.355 e. The van der Waals surface area contributed by atoms with Crippen molar-refractivity contribution in [1.82, 2.24) is 9.55 Å². The highest BCUT2D eigenvalue weighted by atomic mass is 16.5. The van der Waals surface area contributed by atoms with E-state index in [0.717, 1.165) is 19.1 Å². The van der Waals surface area contributed by atoms with Gasteiger partial charge in [0.05, 0.1) is 62.0 Å². The van der Waals surface area contributed by atoms with Gasteiger partial charge in [-0.05, 0) is 23.8 Å². The first-order valence-electron chi connectivity index (χ1n) is 11.2. The van der Waals surface area contributed by atoms with Gasteiger partial charge in [0.1, 0.15) is 11.5 Å². The fraction of sp³-hybridized carbons (Fsp3) is 0.148. The smallest absolute Gasteiger partial charge is 0.355 e. The Labute approximate surface area is 217 Å². The number of imidazole rings is 1. The van der Waals surface area contributed by atoms with Crippen LogP contribution in [0.3, 0.4) is 0 Å². The van der Waals surface area contributed by atoms with E-state index in [0.29, 0.717) is 11.3 Å². The summed E-state index contributed by atoms with van der Waals surface area (Å²) in [7, 11) is 3.50. The molecule has 1 atom stereocenters. The van der Waals surface area contributed by atoms with Crippen molar-refractivity contribution < 1.29 is 28.6 Å². The summed E-state index contributed by atoms with van der Waals surface area (Å²) in [6.07, 6.45) is 4.78. The number of esters is 3. The van der Waals surface area contributed by atoms with E-state index < -0.39 is 23.8 Å². The molecule has 0 saturated carbocycles. The van der Waals surface area contributed by atoms with Crippen LogP contribution in [0, 0.1) is 11.3 Å². The summed E-state index contributed by atoms with van der Waals surface area (Å²) >= 11 is 0. The van der Waals surface area contributed by atoms with Gasteiger partial charge in [-0.1, -0.05) is 30.3 Å². The number of anilines is 1. The Bertz CT molecular complexity index is 1500. The number of carbonyl (C=O) groups excluding carboxylic acids is 3. The Morgan fingerprint density at radius 3 is 2.24 bits per heavy atom. The van der Waals surface area contributed by atoms with Gasteiger partial charge in [0.25, 0.3) is 0 Å². The maximum absolute atomic E-state index is 13.3. The van der Waals surface area contributed by atoms with Crippen LogP contribution in [0.4, 0.5) is 5.69 Å². The standard InChI is InChI=1S/C27H23N5O6/c1-36-25(33)18-10-9-17(31-12-11-30-15-31)13-20(18)32-23(27(35)38-3)22(26(34)37-2)21(19(14-28)24(32)29)16-7-5-4-6-8-16/h4-13,15,21H,29H2,1-3H3. The van der Waals surface area contributed by atoms with Crippen molar-refractivity contribution in [2.45, 2.75) is 5.92 Å². The number of allylic oxidation sites excluding steroid dienone is 1. The number of rotatable bonds is 6. The molecule has 0 amide bonds. The number of carbonyl (C=O) groups is 3. The predicted octanol–water partition coefficient (Wildman–Crippen LogP) is 2.56. The molecule has 11 heteroatoms. The zero-order valence-electron chi connectivity index (χ0n) is 20.7. The number of nitriles is 1. The molecule has 1 aliphatic rings. The lowest BCUT2D eigenvalue weighted by molar-refractivity contribution is -0.139. The van der Waals surface area contributed by atoms with Crippen LogP contribution in [0.15, 0.2) is 89.9 Å². The predicted molar refractivity (Wildman–Crippen MR) is 134 cm³/mol. The van der Waals surface area contributed by atoms with Crippen molar-refractivity contribution in [3.63, 3.8) is 0 Å². The second kappa shape index (κ2) is 10.7. The molecular formula is C27H23N5O6. The van der Waals surface area contributed by atoms with Crippen LogP contribution in [0.2, 0.25) is 0 Å². The lowest BCUT2D eigenvalue weighted by Gasteiger charge is -2.36. The van der Waals surface area contributed by atoms with E-state index in [1.165, 1.54) is 19.5 Å². The number of ether oxygens (including phenoxy) is 3. The summed E-state index contributed by atoms with van der Waals surface area (Å²) in [5, 5.41) is 10.2. The molecule has 0 radical (unpaired) electrons. The molecule has 11 nitrogen and oxygen atoms in total. The van der Waals surface area contributed by atoms with Gasteiger partial charge in [-0.15, -0.1) is 0 Å². The molecule has 1 unspecified atom stereocenters. The molecule has 3 aromatic rings. The third kappa shape index (κ3) is 4.35. The number of methoxy groups -OCH3 is 3. The molecule has 0 bridgehead atoms. The molecule has 2 N–H and O–H groups in total. The van der Waals surface area contributed by atoms with E-state index in [-0.39, 0.29) is 33.9 Å². The molecule has 192 valence electrons. The maximum atomic E-state index is 13.3. The highest BCUT2D eigenvalue weighted by Gasteiger charge is 2.44. The Hall–Kier alpha value is -5.37. The third-order valence-corrected chi connectivity index (χ3v) is 6.04. The normalized spacial score (nSPS) is 15.1. The van der Waals surface area contributed by atoms with Gasteiger partial charge in [0.15, 0.2) is 0 Å². The Kier molecular flexibility index (Phi) is 7.25. The Balaban J connectivity index is 2.12. The van der Waals surface area contributed by atoms with Crippen molar-refractivity contribution in [2.75, 3.05) is 26.2 Å². The number of nitrogens with two attached hydrogens (primary N) is 1. The van der Waals surface area contributed by atoms with Gasteiger partial charge < -0.3 is 24.5 Å². The van der Waals surface area contributed by atoms with Crippen LogP contribution in [0.1, 0.15) is 21.8 Å². The van der Waals surface area contributed by atoms with Crippen molar-refractivity contribution in [2.24, 2.45) is 5.73 Å². The van der Waals surface area contributed by atoms with Gasteiger partial charge in [-0.25, -0.2) is 19.4 Å². The van der Waals surface area contributed by atoms with Gasteiger partial charge in [0.2, 0.25) is 0 Å². The van der Waals surface area contributed by atoms with Crippen molar-refractivity contribution in [3.8, 4) is 11.8 Å². The highest BCUT2D eigenvalue weighted by molar-refractivity contribution is 6.08. The molecule has 0 saturated heterocycles. The number of aromatic nitrogens is 2. The second-order valence-corrected chi connectivity index (χ2v) is 8.00. The topological polar surface area (TPSA) is 150 Å². The molecule has 1 aromatic heterocycles. The summed E-state index contributed by atoms with van der Waals surface area (Å²) in [5.74, 6) is -3.78. The second-order valence-electron chi connectivity index (χ2n) is 8.00. The van der Waals surface area contributed by atoms with Gasteiger partial charge in [-0.3, -0.25) is 4.90 Å². The molecule has 0 spiro atoms. The summed E-state index contributed by atoms with van der Waals surface area (Å²) in [5.41, 5.74) is 7.21. The number of hydrogen-bond acceptors (Lipinski definition) is 10. The first kappa shape index (κ1) is 25.7. The lowest BCUT2D eigenvalue weighted by Crippen LogP contribution is -2.41. The summed E-state index contributed by atoms with van der Waals surface area (Å²) in [4.78, 5) is 44.6. The molecule has 0 fully saturated rings. The minimum atomic E-state index is -1.04. The third-order valence-electron chi connectivity index (χ3n) is 6.04. The summed E-state index contributed by atoms with van der Waals surface area (Å²) in [6, 6.07) is 15.4. The van der Waals surface area contributed by atoms with Crippen molar-refractivity contribution in [3.05, 3.63) is 101 Å². The molecule has 38 heavy (non-hydrogen) atoms. The minimum absolute atomic E-state index is 0.0142. The number of benzene rings is 2. The lowest BCUT2D eigenvalue weighted by atomic mass is 9.80. The van der Waals surface area contributed by atoms with Gasteiger partial charge >= 0.3 is 17.9 Å². The SMILES string of the molecule is COC(=O)C1=C(C(=O)OC)N(c2cc(-n3ccnc3)ccc2C(=O)OC)C(N)=C(C#N)C1c1ccccc1. The van der Waals surface area contributed by atoms with E-state index in [9.17, 15) is 19.6 Å². The van der Waals surface area contributed by atoms with Crippen molar-refractivity contribution in [1.29, 1.82) is 5.26 Å². The summed E-state index contributed by atoms with van der Waals surface area (Å²) < 4.78 is 16.7. The Morgan fingerprint density at radius 1 is 0.974 bits per heavy atom. The van der Waals surface area contributed by atoms with E-state index in [4.69, 9.17) is 19.9 Å². The van der Waals surface area contributed by atoms with Crippen molar-refractivity contribution >= 4 is 23.6 Å². The molecular weight excluding hydrogens is 490 g/mol. The minimum Gasteiger partial charge on any atom is -0.466 e. The molecule has 2 aromatic carbocycles. The zero-order chi connectivity index (χ0) is 27.4. The van der Waals surface area contributed by atoms with Gasteiger partial charge in [-0.2, -0.15) is 5.26 Å². The number of hydrogen-bond donors (Lipinski definition) is 1. The van der Waals surface area contributed by atoms with Crippen LogP contribution in [0.25, 0.3) is 5.69 Å². The molecule has 1 aliphatic heterocycles. The quantitative estimate of drug-likeness (QED) is 0.385. The fourth-order valence-corrected chi connectivity index (χ4v) is 4.32. The van der Waals surface area contributed by atoms with Crippen LogP contribution in [-0.2, 0) is 23.8 Å². The monoisotopic (exact) mass is 513 g/mol. The fourth-order valence-electron chi connectivity index (χ4n) is 4.32. The molecule has 4 rings (SSSR count). The zero-order valence-corrected chi connectivity index (χ0v) is 20.7. The van der Waals surface area contributed by atoms with E-state index >= 15 is 0 Å². The largest absolute Gasteiger partial charge is 0.466 e. The van der Waals surface area contributed by atoms with E-state index in [2.05, 4.69) is 11.1 Å². The van der Waals surface area contributed by atoms with Crippen LogP contribution in [-0.4, -0.2) is 48.8 Å². The first-order valence-corrected chi connectivity index (χ1v) is 11.2. The van der Waals surface area contributed by atoms with Crippen LogP contribution < -0.4 is 10.6 Å². The number of nitrogens with zero attached hydrogens (tertiary/aromatic N) is 4. The summed E-state index contributed by atoms with van der Waals surface area (Å²) in [6.45, 7) is 0. The first-order chi connectivity index (χ1) is 18.4. The molecule has 0 aliphatic carbocycles. The van der Waals surface area contributed by atoms with Crippen LogP contribution >= 0.6 is 0 Å². The van der Waals surface area contributed by atoms with E-state index in [1.807, 2.05) is 0 Å². The molecule has 2 heterocycles. The Morgan fingerprint density at radius 2 is 1.66 bits per heavy atom. The average Bonchev–Trinajstić information content (AvgIpc) is 3.50. The van der Waals surface area contributed by atoms with Gasteiger partial charge in [0, 0.05) is 18.1 Å². The van der Waals surface area contributed by atoms with E-state index in [1.54, 1.807) is 59.4 Å².